The summed E-state index contributed by atoms with van der Waals surface area (Å²) in [6.07, 6.45) is 0.477. The number of nitrogens with zero attached hydrogens (tertiary/aromatic N) is 3. The number of anilines is 2. The number of carbonyl (C=O) groups is 2. The number of aryl methyl sites for hydroxylation is 1. The molecule has 3 amide bonds. The number of nitrogens with one attached hydrogen (secondary N) is 2. The second-order valence-corrected chi connectivity index (χ2v) is 9.79. The number of hydrogen-bond acceptors (Lipinski definition) is 4. The topological polar surface area (TPSA) is 88.5 Å². The molecule has 2 N–H and O–H groups in total. The smallest absolute Gasteiger partial charge is 0.322 e. The van der Waals surface area contributed by atoms with Crippen molar-refractivity contribution in [2.45, 2.75) is 39.5 Å². The number of rotatable bonds is 9. The van der Waals surface area contributed by atoms with Crippen LogP contribution >= 0.6 is 0 Å². The Kier molecular flexibility index (Phi) is 8.99. The van der Waals surface area contributed by atoms with Crippen molar-refractivity contribution < 1.29 is 23.1 Å². The molecular weight excluding hydrogens is 480 g/mol. The highest BCUT2D eigenvalue weighted by molar-refractivity contribution is 5.96. The number of urea groups is 1. The van der Waals surface area contributed by atoms with Gasteiger partial charge in [0.1, 0.15) is 12.4 Å². The van der Waals surface area contributed by atoms with E-state index in [9.17, 15) is 18.4 Å². The number of methoxy groups -OCH3 is 1. The molecule has 0 unspecified atom stereocenters. The lowest BCUT2D eigenvalue weighted by Crippen LogP contribution is -2.41. The van der Waals surface area contributed by atoms with Crippen LogP contribution in [-0.2, 0) is 14.9 Å². The predicted molar refractivity (Wildman–Crippen MR) is 139 cm³/mol. The summed E-state index contributed by atoms with van der Waals surface area (Å²) in [5, 5.41) is 10.1. The highest BCUT2D eigenvalue weighted by Gasteiger charge is 2.23. The monoisotopic (exact) mass is 513 g/mol. The van der Waals surface area contributed by atoms with Crippen LogP contribution in [0.5, 0.6) is 0 Å². The fraction of sp³-hybridized carbons (Fsp3) is 0.370. The lowest BCUT2D eigenvalue weighted by atomic mass is 9.92. The molecule has 0 aliphatic carbocycles. The van der Waals surface area contributed by atoms with E-state index in [1.807, 2.05) is 58.0 Å². The summed E-state index contributed by atoms with van der Waals surface area (Å²) < 4.78 is 33.6. The van der Waals surface area contributed by atoms with E-state index in [0.29, 0.717) is 18.8 Å². The SMILES string of the molecule is COCCCN(CC(=O)Nc1cc(C(C)(C)C)nn1-c1cccc(C)c1)C(=O)Nc1ccc(F)c(F)c1. The molecule has 0 aliphatic rings. The van der Waals surface area contributed by atoms with Crippen LogP contribution < -0.4 is 10.6 Å². The first-order valence-electron chi connectivity index (χ1n) is 12.0. The molecule has 2 aromatic carbocycles. The Labute approximate surface area is 215 Å². The molecule has 1 heterocycles. The molecule has 0 saturated heterocycles. The molecule has 0 atom stereocenters. The lowest BCUT2D eigenvalue weighted by molar-refractivity contribution is -0.116. The van der Waals surface area contributed by atoms with Gasteiger partial charge < -0.3 is 20.3 Å². The Bertz CT molecular complexity index is 1250. The first-order valence-corrected chi connectivity index (χ1v) is 12.0. The number of hydrogen-bond donors (Lipinski definition) is 2. The molecule has 37 heavy (non-hydrogen) atoms. The molecule has 0 aliphatic heterocycles. The van der Waals surface area contributed by atoms with E-state index in [2.05, 4.69) is 10.6 Å². The first-order chi connectivity index (χ1) is 17.5. The molecular formula is C27H33F2N5O3. The summed E-state index contributed by atoms with van der Waals surface area (Å²) in [7, 11) is 1.54. The quantitative estimate of drug-likeness (QED) is 0.382. The molecule has 0 bridgehead atoms. The van der Waals surface area contributed by atoms with Crippen LogP contribution in [0.4, 0.5) is 25.1 Å². The van der Waals surface area contributed by atoms with Crippen LogP contribution in [0.25, 0.3) is 5.69 Å². The highest BCUT2D eigenvalue weighted by Crippen LogP contribution is 2.26. The Morgan fingerprint density at radius 1 is 1.05 bits per heavy atom. The summed E-state index contributed by atoms with van der Waals surface area (Å²) in [5.41, 5.74) is 2.44. The molecule has 10 heteroatoms. The van der Waals surface area contributed by atoms with Gasteiger partial charge in [0.2, 0.25) is 5.91 Å². The van der Waals surface area contributed by atoms with Gasteiger partial charge in [-0.25, -0.2) is 18.3 Å². The Hall–Kier alpha value is -3.79. The van der Waals surface area contributed by atoms with Gasteiger partial charge in [-0.2, -0.15) is 5.10 Å². The van der Waals surface area contributed by atoms with E-state index >= 15 is 0 Å². The number of aromatic nitrogens is 2. The molecule has 0 radical (unpaired) electrons. The number of ether oxygens (including phenoxy) is 1. The molecule has 8 nitrogen and oxygen atoms in total. The third-order valence-corrected chi connectivity index (χ3v) is 5.56. The minimum Gasteiger partial charge on any atom is -0.385 e. The standard InChI is InChI=1S/C27H33F2N5O3/c1-18-8-6-9-20(14-18)34-24(16-23(32-34)27(2,3)4)31-25(35)17-33(12-7-13-37-5)26(36)30-19-10-11-21(28)22(29)15-19/h6,8-11,14-16H,7,12-13,17H2,1-5H3,(H,30,36)(H,31,35). The second-order valence-electron chi connectivity index (χ2n) is 9.79. The lowest BCUT2D eigenvalue weighted by Gasteiger charge is -2.22. The van der Waals surface area contributed by atoms with Crippen molar-refractivity contribution in [3.05, 3.63) is 71.4 Å². The Morgan fingerprint density at radius 3 is 2.46 bits per heavy atom. The first kappa shape index (κ1) is 27.8. The van der Waals surface area contributed by atoms with Gasteiger partial charge in [-0.3, -0.25) is 4.79 Å². The summed E-state index contributed by atoms with van der Waals surface area (Å²) in [6, 6.07) is 12.0. The predicted octanol–water partition coefficient (Wildman–Crippen LogP) is 5.27. The molecule has 3 aromatic rings. The van der Waals surface area contributed by atoms with E-state index in [1.54, 1.807) is 4.68 Å². The maximum atomic E-state index is 13.6. The average Bonchev–Trinajstić information content (AvgIpc) is 3.25. The Balaban J connectivity index is 1.81. The second kappa shape index (κ2) is 12.0. The zero-order chi connectivity index (χ0) is 27.2. The van der Waals surface area contributed by atoms with Crippen LogP contribution in [0.3, 0.4) is 0 Å². The minimum atomic E-state index is -1.08. The van der Waals surface area contributed by atoms with Crippen molar-refractivity contribution >= 4 is 23.4 Å². The highest BCUT2D eigenvalue weighted by atomic mass is 19.2. The number of carbonyl (C=O) groups excluding carboxylic acids is 2. The van der Waals surface area contributed by atoms with Crippen molar-refractivity contribution in [2.24, 2.45) is 0 Å². The summed E-state index contributed by atoms with van der Waals surface area (Å²) >= 11 is 0. The van der Waals surface area contributed by atoms with Gasteiger partial charge in [-0.05, 0) is 43.2 Å². The molecule has 1 aromatic heterocycles. The molecule has 3 rings (SSSR count). The maximum absolute atomic E-state index is 13.6. The number of benzene rings is 2. The van der Waals surface area contributed by atoms with Gasteiger partial charge in [0.15, 0.2) is 11.6 Å². The van der Waals surface area contributed by atoms with Crippen molar-refractivity contribution in [2.75, 3.05) is 37.4 Å². The molecule has 0 saturated carbocycles. The summed E-state index contributed by atoms with van der Waals surface area (Å²) in [4.78, 5) is 27.3. The largest absolute Gasteiger partial charge is 0.385 e. The minimum absolute atomic E-state index is 0.0772. The third kappa shape index (κ3) is 7.60. The Morgan fingerprint density at radius 2 is 1.81 bits per heavy atom. The summed E-state index contributed by atoms with van der Waals surface area (Å²) in [5.74, 6) is -2.07. The van der Waals surface area contributed by atoms with Crippen molar-refractivity contribution in [3.8, 4) is 5.69 Å². The van der Waals surface area contributed by atoms with E-state index in [0.717, 1.165) is 29.1 Å². The van der Waals surface area contributed by atoms with Crippen molar-refractivity contribution in [3.63, 3.8) is 0 Å². The maximum Gasteiger partial charge on any atom is 0.322 e. The average molecular weight is 514 g/mol. The fourth-order valence-corrected chi connectivity index (χ4v) is 3.58. The van der Waals surface area contributed by atoms with Gasteiger partial charge in [0.25, 0.3) is 0 Å². The van der Waals surface area contributed by atoms with Crippen LogP contribution in [0, 0.1) is 18.6 Å². The van der Waals surface area contributed by atoms with Crippen LogP contribution in [0.15, 0.2) is 48.5 Å². The van der Waals surface area contributed by atoms with Crippen molar-refractivity contribution in [1.82, 2.24) is 14.7 Å². The zero-order valence-corrected chi connectivity index (χ0v) is 21.8. The van der Waals surface area contributed by atoms with Crippen LogP contribution in [0.2, 0.25) is 0 Å². The third-order valence-electron chi connectivity index (χ3n) is 5.56. The van der Waals surface area contributed by atoms with Gasteiger partial charge >= 0.3 is 6.03 Å². The molecule has 0 spiro atoms. The zero-order valence-electron chi connectivity index (χ0n) is 21.8. The van der Waals surface area contributed by atoms with E-state index in [4.69, 9.17) is 9.84 Å². The number of amides is 3. The normalized spacial score (nSPS) is 11.3. The van der Waals surface area contributed by atoms with E-state index in [1.165, 1.54) is 18.1 Å². The van der Waals surface area contributed by atoms with E-state index in [-0.39, 0.29) is 24.2 Å². The molecule has 0 fully saturated rings. The van der Waals surface area contributed by atoms with E-state index < -0.39 is 23.6 Å². The van der Waals surface area contributed by atoms with Gasteiger partial charge in [-0.15, -0.1) is 0 Å². The van der Waals surface area contributed by atoms with Crippen LogP contribution in [0.1, 0.15) is 38.4 Å². The molecule has 198 valence electrons. The summed E-state index contributed by atoms with van der Waals surface area (Å²) in [6.45, 7) is 8.38. The van der Waals surface area contributed by atoms with Crippen molar-refractivity contribution in [1.29, 1.82) is 0 Å². The fourth-order valence-electron chi connectivity index (χ4n) is 3.58. The van der Waals surface area contributed by atoms with Crippen LogP contribution in [-0.4, -0.2) is 53.4 Å². The van der Waals surface area contributed by atoms with Gasteiger partial charge in [0.05, 0.1) is 11.4 Å². The van der Waals surface area contributed by atoms with Gasteiger partial charge in [0, 0.05) is 43.5 Å². The number of halogens is 2. The van der Waals surface area contributed by atoms with Gasteiger partial charge in [-0.1, -0.05) is 32.9 Å².